The molecule has 0 radical (unpaired) electrons. The van der Waals surface area contributed by atoms with Crippen LogP contribution < -0.4 is 10.0 Å². The van der Waals surface area contributed by atoms with E-state index in [1.54, 1.807) is 12.3 Å². The van der Waals surface area contributed by atoms with Crippen molar-refractivity contribution in [3.05, 3.63) is 28.7 Å². The van der Waals surface area contributed by atoms with E-state index in [0.29, 0.717) is 10.2 Å². The highest BCUT2D eigenvalue weighted by Crippen LogP contribution is 2.30. The van der Waals surface area contributed by atoms with Crippen molar-refractivity contribution in [2.45, 2.75) is 42.4 Å². The normalized spacial score (nSPS) is 16.0. The van der Waals surface area contributed by atoms with E-state index in [4.69, 9.17) is 11.6 Å². The Bertz CT molecular complexity index is 841. The van der Waals surface area contributed by atoms with Crippen LogP contribution in [0.1, 0.15) is 38.1 Å². The van der Waals surface area contributed by atoms with Crippen molar-refractivity contribution in [3.8, 4) is 0 Å². The van der Waals surface area contributed by atoms with Gasteiger partial charge in [-0.3, -0.25) is 4.79 Å². The lowest BCUT2D eigenvalue weighted by atomic mass is 9.96. The summed E-state index contributed by atoms with van der Waals surface area (Å²) in [6.07, 6.45) is 7.25. The summed E-state index contributed by atoms with van der Waals surface area (Å²) >= 11 is 6.69. The van der Waals surface area contributed by atoms with E-state index in [0.717, 1.165) is 37.0 Å². The zero-order valence-corrected chi connectivity index (χ0v) is 15.8. The molecule has 25 heavy (non-hydrogen) atoms. The first-order valence-electron chi connectivity index (χ1n) is 8.04. The number of nitrogens with zero attached hydrogens (tertiary/aromatic N) is 2. The maximum Gasteiger partial charge on any atom is 0.250 e. The quantitative estimate of drug-likeness (QED) is 0.776. The van der Waals surface area contributed by atoms with Gasteiger partial charge in [0.1, 0.15) is 10.0 Å². The monoisotopic (exact) mass is 402 g/mol. The first kappa shape index (κ1) is 18.4. The second-order valence-electron chi connectivity index (χ2n) is 5.88. The van der Waals surface area contributed by atoms with Crippen molar-refractivity contribution in [1.82, 2.24) is 14.5 Å². The molecular formula is C15H19ClN4O3S2. The summed E-state index contributed by atoms with van der Waals surface area (Å²) in [6, 6.07) is 4.92. The third-order valence-electron chi connectivity index (χ3n) is 4.09. The number of carbonyl (C=O) groups is 1. The lowest BCUT2D eigenvalue weighted by molar-refractivity contribution is -0.115. The molecular weight excluding hydrogens is 384 g/mol. The van der Waals surface area contributed by atoms with E-state index in [1.807, 2.05) is 4.68 Å². The summed E-state index contributed by atoms with van der Waals surface area (Å²) in [5.41, 5.74) is 0. The van der Waals surface area contributed by atoms with Gasteiger partial charge in [-0.1, -0.05) is 30.9 Å². The van der Waals surface area contributed by atoms with Crippen LogP contribution in [0.15, 0.2) is 28.6 Å². The van der Waals surface area contributed by atoms with Gasteiger partial charge in [-0.25, -0.2) is 17.8 Å². The van der Waals surface area contributed by atoms with Gasteiger partial charge in [0.25, 0.3) is 10.0 Å². The maximum atomic E-state index is 12.1. The Morgan fingerprint density at radius 3 is 2.72 bits per heavy atom. The Kier molecular flexibility index (Phi) is 5.78. The first-order valence-corrected chi connectivity index (χ1v) is 10.7. The number of hydrogen-bond donors (Lipinski definition) is 2. The zero-order chi connectivity index (χ0) is 17.9. The lowest BCUT2D eigenvalue weighted by Crippen LogP contribution is -2.33. The molecule has 0 aliphatic heterocycles. The minimum atomic E-state index is -3.74. The third kappa shape index (κ3) is 4.60. The van der Waals surface area contributed by atoms with E-state index >= 15 is 0 Å². The number of aromatic nitrogens is 2. The molecule has 0 atom stereocenters. The predicted molar refractivity (Wildman–Crippen MR) is 97.5 cm³/mol. The SMILES string of the molecule is O=C(CNS(=O)(=O)c1ccc(Cl)s1)Nc1ccnn1C1CCCCC1. The van der Waals surface area contributed by atoms with E-state index in [-0.39, 0.29) is 16.8 Å². The summed E-state index contributed by atoms with van der Waals surface area (Å²) in [5, 5.41) is 7.03. The maximum absolute atomic E-state index is 12.1. The molecule has 0 aromatic carbocycles. The molecule has 3 rings (SSSR count). The molecule has 10 heteroatoms. The highest BCUT2D eigenvalue weighted by Gasteiger charge is 2.21. The standard InChI is InChI=1S/C15H19ClN4O3S2/c16-12-6-7-15(24-12)25(22,23)18-10-14(21)19-13-8-9-17-20(13)11-4-2-1-3-5-11/h6-9,11,18H,1-5,10H2,(H,19,21). The van der Waals surface area contributed by atoms with Crippen molar-refractivity contribution in [1.29, 1.82) is 0 Å². The number of amides is 1. The van der Waals surface area contributed by atoms with Gasteiger partial charge in [0, 0.05) is 6.07 Å². The molecule has 1 aliphatic carbocycles. The predicted octanol–water partition coefficient (Wildman–Crippen LogP) is 3.02. The minimum absolute atomic E-state index is 0.0811. The number of carbonyl (C=O) groups excluding carboxylic acids is 1. The second kappa shape index (κ2) is 7.86. The fourth-order valence-electron chi connectivity index (χ4n) is 2.89. The second-order valence-corrected chi connectivity index (χ2v) is 9.59. The first-order chi connectivity index (χ1) is 12.0. The minimum Gasteiger partial charge on any atom is -0.310 e. The average Bonchev–Trinajstić information content (AvgIpc) is 3.23. The molecule has 2 aromatic heterocycles. The lowest BCUT2D eigenvalue weighted by Gasteiger charge is -2.23. The number of halogens is 1. The van der Waals surface area contributed by atoms with Crippen molar-refractivity contribution >= 4 is 44.7 Å². The molecule has 0 bridgehead atoms. The van der Waals surface area contributed by atoms with Gasteiger partial charge < -0.3 is 5.32 Å². The number of thiophene rings is 1. The Morgan fingerprint density at radius 2 is 2.04 bits per heavy atom. The molecule has 0 unspecified atom stereocenters. The summed E-state index contributed by atoms with van der Waals surface area (Å²) in [7, 11) is -3.74. The summed E-state index contributed by atoms with van der Waals surface area (Å²) < 4.78 is 28.8. The van der Waals surface area contributed by atoms with Crippen LogP contribution in [-0.4, -0.2) is 30.7 Å². The summed E-state index contributed by atoms with van der Waals surface area (Å²) in [5.74, 6) is 0.152. The van der Waals surface area contributed by atoms with Gasteiger partial charge in [-0.05, 0) is 25.0 Å². The molecule has 7 nitrogen and oxygen atoms in total. The van der Waals surface area contributed by atoms with Gasteiger partial charge >= 0.3 is 0 Å². The van der Waals surface area contributed by atoms with Crippen LogP contribution >= 0.6 is 22.9 Å². The molecule has 2 aromatic rings. The van der Waals surface area contributed by atoms with Crippen LogP contribution in [0.5, 0.6) is 0 Å². The summed E-state index contributed by atoms with van der Waals surface area (Å²) in [6.45, 7) is -0.353. The number of sulfonamides is 1. The van der Waals surface area contributed by atoms with Gasteiger partial charge in [0.2, 0.25) is 5.91 Å². The third-order valence-corrected chi connectivity index (χ3v) is 7.22. The largest absolute Gasteiger partial charge is 0.310 e. The Labute approximate surface area is 155 Å². The molecule has 2 heterocycles. The van der Waals surface area contributed by atoms with Gasteiger partial charge in [-0.2, -0.15) is 5.10 Å². The van der Waals surface area contributed by atoms with Crippen LogP contribution in [0.3, 0.4) is 0 Å². The average molecular weight is 403 g/mol. The van der Waals surface area contributed by atoms with Crippen LogP contribution in [0.2, 0.25) is 4.34 Å². The van der Waals surface area contributed by atoms with E-state index in [2.05, 4.69) is 15.1 Å². The van der Waals surface area contributed by atoms with Crippen LogP contribution in [0.25, 0.3) is 0 Å². The van der Waals surface area contributed by atoms with Gasteiger partial charge in [0.15, 0.2) is 0 Å². The summed E-state index contributed by atoms with van der Waals surface area (Å²) in [4.78, 5) is 12.1. The van der Waals surface area contributed by atoms with Gasteiger partial charge in [0.05, 0.1) is 23.1 Å². The topological polar surface area (TPSA) is 93.1 Å². The number of hydrogen-bond acceptors (Lipinski definition) is 5. The van der Waals surface area contributed by atoms with Crippen LogP contribution in [-0.2, 0) is 14.8 Å². The van der Waals surface area contributed by atoms with Crippen molar-refractivity contribution in [3.63, 3.8) is 0 Å². The van der Waals surface area contributed by atoms with Crippen molar-refractivity contribution < 1.29 is 13.2 Å². The highest BCUT2D eigenvalue weighted by molar-refractivity contribution is 7.91. The van der Waals surface area contributed by atoms with Crippen molar-refractivity contribution in [2.75, 3.05) is 11.9 Å². The van der Waals surface area contributed by atoms with Crippen LogP contribution in [0, 0.1) is 0 Å². The molecule has 136 valence electrons. The molecule has 1 amide bonds. The number of rotatable bonds is 6. The molecule has 1 saturated carbocycles. The van der Waals surface area contributed by atoms with E-state index in [1.165, 1.54) is 18.6 Å². The zero-order valence-electron chi connectivity index (χ0n) is 13.4. The number of anilines is 1. The van der Waals surface area contributed by atoms with Gasteiger partial charge in [-0.15, -0.1) is 11.3 Å². The fourth-order valence-corrected chi connectivity index (χ4v) is 5.40. The Hall–Kier alpha value is -1.42. The van der Waals surface area contributed by atoms with E-state index < -0.39 is 15.9 Å². The number of nitrogens with one attached hydrogen (secondary N) is 2. The molecule has 1 aliphatic rings. The Balaban J connectivity index is 1.59. The van der Waals surface area contributed by atoms with E-state index in [9.17, 15) is 13.2 Å². The van der Waals surface area contributed by atoms with Crippen LogP contribution in [0.4, 0.5) is 5.82 Å². The molecule has 2 N–H and O–H groups in total. The Morgan fingerprint density at radius 1 is 1.28 bits per heavy atom. The fraction of sp³-hybridized carbons (Fsp3) is 0.467. The highest BCUT2D eigenvalue weighted by atomic mass is 35.5. The smallest absolute Gasteiger partial charge is 0.250 e. The van der Waals surface area contributed by atoms with Crippen molar-refractivity contribution in [2.24, 2.45) is 0 Å². The molecule has 1 fully saturated rings. The molecule has 0 spiro atoms. The molecule has 0 saturated heterocycles.